The molecule has 0 aliphatic heterocycles. The first-order chi connectivity index (χ1) is 39.7. The van der Waals surface area contributed by atoms with E-state index in [4.69, 9.17) is 0 Å². The molecule has 0 heterocycles. The van der Waals surface area contributed by atoms with Gasteiger partial charge in [0.2, 0.25) is 0 Å². The molecule has 14 rings (SSSR count). The first kappa shape index (κ1) is 47.7. The summed E-state index contributed by atoms with van der Waals surface area (Å²) in [5, 5.41) is 9.70. The minimum Gasteiger partial charge on any atom is -0.311 e. The Morgan fingerprint density at radius 3 is 0.662 bits per heavy atom. The van der Waals surface area contributed by atoms with E-state index in [0.29, 0.717) is 0 Å². The summed E-state index contributed by atoms with van der Waals surface area (Å²) in [5.41, 5.74) is 15.3. The maximum absolute atomic E-state index is 2.41. The van der Waals surface area contributed by atoms with Gasteiger partial charge in [-0.25, -0.2) is 0 Å². The predicted molar refractivity (Wildman–Crippen MR) is 341 cm³/mol. The van der Waals surface area contributed by atoms with Crippen LogP contribution in [0.2, 0.25) is 0 Å². The molecule has 0 radical (unpaired) electrons. The molecule has 0 fully saturated rings. The largest absolute Gasteiger partial charge is 0.311 e. The van der Waals surface area contributed by atoms with E-state index in [9.17, 15) is 0 Å². The van der Waals surface area contributed by atoms with Gasteiger partial charge in [-0.1, -0.05) is 194 Å². The van der Waals surface area contributed by atoms with E-state index in [1.807, 2.05) is 0 Å². The Morgan fingerprint density at radius 2 is 0.362 bits per heavy atom. The third-order valence-electron chi connectivity index (χ3n) is 15.3. The van der Waals surface area contributed by atoms with Crippen LogP contribution in [-0.2, 0) is 0 Å². The molecule has 4 nitrogen and oxygen atoms in total. The highest BCUT2D eigenvalue weighted by molar-refractivity contribution is 6.16. The molecule has 80 heavy (non-hydrogen) atoms. The molecule has 0 unspecified atom stereocenters. The quantitative estimate of drug-likeness (QED) is 0.107. The number of hydrogen-bond acceptors (Lipinski definition) is 4. The Hall–Kier alpha value is -10.7. The fraction of sp³-hybridized carbons (Fsp3) is 0. The summed E-state index contributed by atoms with van der Waals surface area (Å²) in [7, 11) is 0. The van der Waals surface area contributed by atoms with Crippen molar-refractivity contribution in [1.29, 1.82) is 0 Å². The maximum Gasteiger partial charge on any atom is 0.0546 e. The highest BCUT2D eigenvalue weighted by Crippen LogP contribution is 2.47. The normalized spacial score (nSPS) is 11.2. The molecule has 0 amide bonds. The highest BCUT2D eigenvalue weighted by atomic mass is 15.2. The monoisotopic (exact) mass is 1020 g/mol. The zero-order chi connectivity index (χ0) is 53.2. The van der Waals surface area contributed by atoms with Gasteiger partial charge in [0.05, 0.1) is 11.4 Å². The highest BCUT2D eigenvalue weighted by Gasteiger charge is 2.22. The molecule has 0 saturated heterocycles. The van der Waals surface area contributed by atoms with Crippen LogP contribution in [0, 0.1) is 0 Å². The van der Waals surface area contributed by atoms with Crippen LogP contribution in [0.5, 0.6) is 0 Å². The summed E-state index contributed by atoms with van der Waals surface area (Å²) >= 11 is 0. The van der Waals surface area contributed by atoms with Crippen LogP contribution < -0.4 is 19.6 Å². The zero-order valence-corrected chi connectivity index (χ0v) is 44.0. The van der Waals surface area contributed by atoms with Crippen molar-refractivity contribution in [3.63, 3.8) is 0 Å². The van der Waals surface area contributed by atoms with Gasteiger partial charge in [-0.15, -0.1) is 0 Å². The minimum absolute atomic E-state index is 1.06. The Kier molecular flexibility index (Phi) is 12.6. The van der Waals surface area contributed by atoms with Crippen molar-refractivity contribution in [3.8, 4) is 11.1 Å². The predicted octanol–water partition coefficient (Wildman–Crippen LogP) is 21.8. The number of benzene rings is 14. The summed E-state index contributed by atoms with van der Waals surface area (Å²) in [5.74, 6) is 0. The van der Waals surface area contributed by atoms with Crippen LogP contribution in [0.1, 0.15) is 0 Å². The van der Waals surface area contributed by atoms with Crippen molar-refractivity contribution < 1.29 is 0 Å². The van der Waals surface area contributed by atoms with Crippen molar-refractivity contribution in [2.75, 3.05) is 19.6 Å². The third kappa shape index (κ3) is 9.01. The van der Waals surface area contributed by atoms with Crippen molar-refractivity contribution in [3.05, 3.63) is 328 Å². The van der Waals surface area contributed by atoms with Crippen LogP contribution in [0.3, 0.4) is 0 Å². The molecule has 14 aromatic rings. The van der Waals surface area contributed by atoms with E-state index >= 15 is 0 Å². The SMILES string of the molecule is c1ccc(N(c2ccccc2)c2ccc(N(c3ccc(-c4ccc(N(c5ccc(N(c6ccccc6)c6ccccc6)cc5)c5cc6ccccc6c6ccccc56)cc4)cc3)c3cc4ccccc4c4ccccc34)cc2)cc1. The number of para-hydroxylation sites is 4. The lowest BCUT2D eigenvalue weighted by molar-refractivity contribution is 1.26. The Morgan fingerprint density at radius 1 is 0.150 bits per heavy atom. The molecule has 0 aromatic heterocycles. The van der Waals surface area contributed by atoms with E-state index < -0.39 is 0 Å². The zero-order valence-electron chi connectivity index (χ0n) is 44.0. The van der Waals surface area contributed by atoms with Gasteiger partial charge in [0.1, 0.15) is 0 Å². The second kappa shape index (κ2) is 21.0. The van der Waals surface area contributed by atoms with Gasteiger partial charge in [-0.3, -0.25) is 0 Å². The van der Waals surface area contributed by atoms with Gasteiger partial charge in [-0.2, -0.15) is 0 Å². The van der Waals surface area contributed by atoms with Gasteiger partial charge in [-0.05, 0) is 177 Å². The lowest BCUT2D eigenvalue weighted by Gasteiger charge is -2.30. The molecule has 0 atom stereocenters. The van der Waals surface area contributed by atoms with E-state index in [1.54, 1.807) is 0 Å². The Balaban J connectivity index is 0.853. The smallest absolute Gasteiger partial charge is 0.0546 e. The summed E-state index contributed by atoms with van der Waals surface area (Å²) in [4.78, 5) is 9.45. The molecule has 0 aliphatic rings. The fourth-order valence-electron chi connectivity index (χ4n) is 11.6. The number of hydrogen-bond donors (Lipinski definition) is 0. The first-order valence-corrected chi connectivity index (χ1v) is 27.3. The number of nitrogens with zero attached hydrogens (tertiary/aromatic N) is 4. The third-order valence-corrected chi connectivity index (χ3v) is 15.3. The minimum atomic E-state index is 1.06. The second-order valence-electron chi connectivity index (χ2n) is 20.1. The fourth-order valence-corrected chi connectivity index (χ4v) is 11.6. The summed E-state index contributed by atoms with van der Waals surface area (Å²) in [6.07, 6.45) is 0. The lowest BCUT2D eigenvalue weighted by Crippen LogP contribution is -2.12. The molecule has 0 bridgehead atoms. The molecule has 378 valence electrons. The maximum atomic E-state index is 2.41. The van der Waals surface area contributed by atoms with Gasteiger partial charge in [0.15, 0.2) is 0 Å². The molecule has 0 aliphatic carbocycles. The standard InChI is InChI=1S/C76H54N4/c1-5-23-59(24-6-1)77(60-25-7-2-8-26-60)63-45-49-67(50-46-63)79(75-53-57-21-13-15-31-69(57)71-33-17-19-35-73(71)75)65-41-37-55(38-42-65)56-39-43-66(44-40-56)80(76-54-58-22-14-16-32-70(58)72-34-18-20-36-74(72)76)68-51-47-64(48-52-68)78(61-27-9-3-10-28-61)62-29-11-4-12-30-62/h1-54H. The van der Waals surface area contributed by atoms with Crippen molar-refractivity contribution >= 4 is 111 Å². The molecular weight excluding hydrogens is 969 g/mol. The molecule has 0 spiro atoms. The molecule has 4 heteroatoms. The van der Waals surface area contributed by atoms with E-state index in [1.165, 1.54) is 43.1 Å². The average Bonchev–Trinajstić information content (AvgIpc) is 3.59. The van der Waals surface area contributed by atoms with Crippen molar-refractivity contribution in [2.45, 2.75) is 0 Å². The van der Waals surface area contributed by atoms with Crippen LogP contribution in [0.25, 0.3) is 54.2 Å². The average molecular weight is 1020 g/mol. The van der Waals surface area contributed by atoms with Gasteiger partial charge < -0.3 is 19.6 Å². The topological polar surface area (TPSA) is 13.0 Å². The molecule has 0 saturated carbocycles. The summed E-state index contributed by atoms with van der Waals surface area (Å²) < 4.78 is 0. The molecular formula is C76H54N4. The van der Waals surface area contributed by atoms with Crippen molar-refractivity contribution in [2.24, 2.45) is 0 Å². The van der Waals surface area contributed by atoms with E-state index in [0.717, 1.165) is 79.4 Å². The van der Waals surface area contributed by atoms with E-state index in [-0.39, 0.29) is 0 Å². The van der Waals surface area contributed by atoms with Crippen LogP contribution in [-0.4, -0.2) is 0 Å². The Labute approximate surface area is 467 Å². The van der Waals surface area contributed by atoms with Crippen molar-refractivity contribution in [1.82, 2.24) is 0 Å². The lowest BCUT2D eigenvalue weighted by atomic mass is 9.98. The second-order valence-corrected chi connectivity index (χ2v) is 20.1. The van der Waals surface area contributed by atoms with Crippen LogP contribution in [0.4, 0.5) is 68.2 Å². The van der Waals surface area contributed by atoms with Gasteiger partial charge >= 0.3 is 0 Å². The molecule has 14 aromatic carbocycles. The summed E-state index contributed by atoms with van der Waals surface area (Å²) in [6.45, 7) is 0. The Bertz CT molecular complexity index is 4070. The summed E-state index contributed by atoms with van der Waals surface area (Å²) in [6, 6.07) is 118. The van der Waals surface area contributed by atoms with Crippen LogP contribution in [0.15, 0.2) is 328 Å². The first-order valence-electron chi connectivity index (χ1n) is 27.3. The number of anilines is 12. The van der Waals surface area contributed by atoms with E-state index in [2.05, 4.69) is 347 Å². The number of rotatable bonds is 13. The van der Waals surface area contributed by atoms with Gasteiger partial charge in [0.25, 0.3) is 0 Å². The van der Waals surface area contributed by atoms with Crippen LogP contribution >= 0.6 is 0 Å². The van der Waals surface area contributed by atoms with Gasteiger partial charge in [0, 0.05) is 67.6 Å². The number of fused-ring (bicyclic) bond motifs is 6. The molecule has 0 N–H and O–H groups in total.